The number of carbonyl (C=O) groups is 1. The van der Waals surface area contributed by atoms with E-state index >= 15 is 0 Å². The number of likely N-dealkylation sites (N-methyl/N-ethyl adjacent to an activating group) is 1. The molecule has 0 aromatic heterocycles. The second kappa shape index (κ2) is 3.90. The largest absolute Gasteiger partial charge is 0.353 e. The molecule has 3 nitrogen and oxygen atoms in total. The number of hydrogen-bond donors (Lipinski definition) is 1. The average molecular weight is 170 g/mol. The molecule has 0 radical (unpaired) electrons. The molecule has 1 N–H and O–H groups in total. The summed E-state index contributed by atoms with van der Waals surface area (Å²) in [7, 11) is 2.01. The molecule has 0 spiro atoms. The Morgan fingerprint density at radius 2 is 2.25 bits per heavy atom. The first-order valence-corrected chi connectivity index (χ1v) is 4.62. The van der Waals surface area contributed by atoms with Crippen LogP contribution in [0.4, 0.5) is 0 Å². The number of amides is 1. The summed E-state index contributed by atoms with van der Waals surface area (Å²) in [5.74, 6) is 0.185. The van der Waals surface area contributed by atoms with Crippen LogP contribution >= 0.6 is 0 Å². The molecule has 0 aromatic rings. The molecular formula is C9H18N2O. The maximum absolute atomic E-state index is 11.5. The van der Waals surface area contributed by atoms with Crippen molar-refractivity contribution in [2.45, 2.75) is 38.8 Å². The summed E-state index contributed by atoms with van der Waals surface area (Å²) < 4.78 is 0. The minimum absolute atomic E-state index is 0.118. The van der Waals surface area contributed by atoms with Gasteiger partial charge in [-0.25, -0.2) is 0 Å². The van der Waals surface area contributed by atoms with Gasteiger partial charge in [-0.1, -0.05) is 0 Å². The molecule has 0 saturated carbocycles. The Balaban J connectivity index is 2.41. The van der Waals surface area contributed by atoms with E-state index in [-0.39, 0.29) is 18.0 Å². The van der Waals surface area contributed by atoms with Gasteiger partial charge in [0.1, 0.15) is 0 Å². The number of hydrogen-bond acceptors (Lipinski definition) is 2. The Morgan fingerprint density at radius 3 is 2.67 bits per heavy atom. The third-order valence-electron chi connectivity index (χ3n) is 2.25. The summed E-state index contributed by atoms with van der Waals surface area (Å²) in [5.41, 5.74) is 0. The van der Waals surface area contributed by atoms with E-state index in [1.54, 1.807) is 0 Å². The summed E-state index contributed by atoms with van der Waals surface area (Å²) in [6.45, 7) is 5.04. The van der Waals surface area contributed by atoms with E-state index in [1.165, 1.54) is 0 Å². The van der Waals surface area contributed by atoms with Gasteiger partial charge >= 0.3 is 0 Å². The predicted molar refractivity (Wildman–Crippen MR) is 48.9 cm³/mol. The first-order valence-electron chi connectivity index (χ1n) is 4.62. The van der Waals surface area contributed by atoms with Gasteiger partial charge in [-0.3, -0.25) is 9.69 Å². The summed E-state index contributed by atoms with van der Waals surface area (Å²) in [5, 5.41) is 2.93. The summed E-state index contributed by atoms with van der Waals surface area (Å²) in [6.07, 6.45) is 2.15. The standard InChI is InChI=1S/C9H18N2O/c1-7(2)10-9(12)8-5-4-6-11(8)3/h7-8H,4-6H2,1-3H3,(H,10,12). The highest BCUT2D eigenvalue weighted by Crippen LogP contribution is 2.14. The van der Waals surface area contributed by atoms with Crippen LogP contribution in [0.2, 0.25) is 0 Å². The van der Waals surface area contributed by atoms with E-state index in [4.69, 9.17) is 0 Å². The highest BCUT2D eigenvalue weighted by Gasteiger charge is 2.27. The lowest BCUT2D eigenvalue weighted by atomic mass is 10.2. The van der Waals surface area contributed by atoms with E-state index < -0.39 is 0 Å². The van der Waals surface area contributed by atoms with Crippen molar-refractivity contribution in [3.05, 3.63) is 0 Å². The SMILES string of the molecule is CC(C)NC(=O)C1CCCN1C. The Bertz CT molecular complexity index is 168. The molecule has 3 heteroatoms. The monoisotopic (exact) mass is 170 g/mol. The van der Waals surface area contributed by atoms with Gasteiger partial charge in [-0.15, -0.1) is 0 Å². The molecule has 0 aromatic carbocycles. The van der Waals surface area contributed by atoms with Crippen LogP contribution in [0.25, 0.3) is 0 Å². The molecule has 1 rings (SSSR count). The van der Waals surface area contributed by atoms with Crippen LogP contribution < -0.4 is 5.32 Å². The van der Waals surface area contributed by atoms with Crippen molar-refractivity contribution in [3.63, 3.8) is 0 Å². The smallest absolute Gasteiger partial charge is 0.237 e. The number of likely N-dealkylation sites (tertiary alicyclic amines) is 1. The topological polar surface area (TPSA) is 32.3 Å². The van der Waals surface area contributed by atoms with Crippen molar-refractivity contribution in [2.75, 3.05) is 13.6 Å². The van der Waals surface area contributed by atoms with Crippen LogP contribution in [0.1, 0.15) is 26.7 Å². The lowest BCUT2D eigenvalue weighted by molar-refractivity contribution is -0.125. The fourth-order valence-corrected chi connectivity index (χ4v) is 1.62. The molecule has 1 heterocycles. The Labute approximate surface area is 74.1 Å². The fraction of sp³-hybridized carbons (Fsp3) is 0.889. The molecule has 0 aliphatic carbocycles. The van der Waals surface area contributed by atoms with Crippen molar-refractivity contribution in [2.24, 2.45) is 0 Å². The molecule has 1 saturated heterocycles. The van der Waals surface area contributed by atoms with E-state index in [0.717, 1.165) is 19.4 Å². The van der Waals surface area contributed by atoms with Crippen molar-refractivity contribution >= 4 is 5.91 Å². The van der Waals surface area contributed by atoms with Crippen LogP contribution in [0.3, 0.4) is 0 Å². The molecule has 1 aliphatic heterocycles. The molecule has 1 unspecified atom stereocenters. The third kappa shape index (κ3) is 2.21. The van der Waals surface area contributed by atoms with Gasteiger partial charge < -0.3 is 5.32 Å². The fourth-order valence-electron chi connectivity index (χ4n) is 1.62. The number of carbonyl (C=O) groups excluding carboxylic acids is 1. The first-order chi connectivity index (χ1) is 5.61. The zero-order valence-corrected chi connectivity index (χ0v) is 8.13. The third-order valence-corrected chi connectivity index (χ3v) is 2.25. The van der Waals surface area contributed by atoms with Crippen LogP contribution in [0, 0.1) is 0 Å². The zero-order chi connectivity index (χ0) is 9.14. The van der Waals surface area contributed by atoms with Crippen LogP contribution in [0.15, 0.2) is 0 Å². The maximum atomic E-state index is 11.5. The highest BCUT2D eigenvalue weighted by molar-refractivity contribution is 5.82. The van der Waals surface area contributed by atoms with E-state index in [2.05, 4.69) is 10.2 Å². The van der Waals surface area contributed by atoms with Crippen molar-refractivity contribution in [3.8, 4) is 0 Å². The van der Waals surface area contributed by atoms with Crippen molar-refractivity contribution in [1.29, 1.82) is 0 Å². The Morgan fingerprint density at radius 1 is 1.58 bits per heavy atom. The van der Waals surface area contributed by atoms with E-state index in [1.807, 2.05) is 20.9 Å². The molecular weight excluding hydrogens is 152 g/mol. The van der Waals surface area contributed by atoms with Crippen LogP contribution in [0.5, 0.6) is 0 Å². The van der Waals surface area contributed by atoms with Crippen LogP contribution in [-0.2, 0) is 4.79 Å². The Kier molecular flexibility index (Phi) is 3.09. The quantitative estimate of drug-likeness (QED) is 0.658. The normalized spacial score (nSPS) is 24.8. The molecule has 70 valence electrons. The first kappa shape index (κ1) is 9.52. The average Bonchev–Trinajstić information content (AvgIpc) is 2.33. The van der Waals surface area contributed by atoms with Gasteiger partial charge in [0.25, 0.3) is 0 Å². The van der Waals surface area contributed by atoms with Gasteiger partial charge in [0, 0.05) is 6.04 Å². The summed E-state index contributed by atoms with van der Waals surface area (Å²) >= 11 is 0. The van der Waals surface area contributed by atoms with Gasteiger partial charge in [0.05, 0.1) is 6.04 Å². The molecule has 12 heavy (non-hydrogen) atoms. The van der Waals surface area contributed by atoms with E-state index in [0.29, 0.717) is 0 Å². The van der Waals surface area contributed by atoms with Crippen molar-refractivity contribution < 1.29 is 4.79 Å². The lowest BCUT2D eigenvalue weighted by Crippen LogP contribution is -2.43. The number of nitrogens with zero attached hydrogens (tertiary/aromatic N) is 1. The second-order valence-corrected chi connectivity index (χ2v) is 3.80. The number of rotatable bonds is 2. The lowest BCUT2D eigenvalue weighted by Gasteiger charge is -2.19. The van der Waals surface area contributed by atoms with Crippen LogP contribution in [-0.4, -0.2) is 36.5 Å². The Hall–Kier alpha value is -0.570. The number of nitrogens with one attached hydrogen (secondary N) is 1. The molecule has 1 fully saturated rings. The molecule has 1 amide bonds. The van der Waals surface area contributed by atoms with Gasteiger partial charge in [-0.2, -0.15) is 0 Å². The van der Waals surface area contributed by atoms with Gasteiger partial charge in [-0.05, 0) is 40.3 Å². The molecule has 1 atom stereocenters. The predicted octanol–water partition coefficient (Wildman–Crippen LogP) is 0.605. The minimum Gasteiger partial charge on any atom is -0.353 e. The highest BCUT2D eigenvalue weighted by atomic mass is 16.2. The summed E-state index contributed by atoms with van der Waals surface area (Å²) in [4.78, 5) is 13.6. The minimum atomic E-state index is 0.118. The molecule has 1 aliphatic rings. The zero-order valence-electron chi connectivity index (χ0n) is 8.13. The summed E-state index contributed by atoms with van der Waals surface area (Å²) in [6, 6.07) is 0.374. The van der Waals surface area contributed by atoms with Gasteiger partial charge in [0.2, 0.25) is 5.91 Å². The van der Waals surface area contributed by atoms with Crippen molar-refractivity contribution in [1.82, 2.24) is 10.2 Å². The molecule has 0 bridgehead atoms. The van der Waals surface area contributed by atoms with E-state index in [9.17, 15) is 4.79 Å². The maximum Gasteiger partial charge on any atom is 0.237 e. The second-order valence-electron chi connectivity index (χ2n) is 3.80. The van der Waals surface area contributed by atoms with Gasteiger partial charge in [0.15, 0.2) is 0 Å².